The first-order chi connectivity index (χ1) is 15.0. The van der Waals surface area contributed by atoms with Crippen molar-refractivity contribution in [3.05, 3.63) is 76.6 Å². The van der Waals surface area contributed by atoms with Crippen molar-refractivity contribution in [3.8, 4) is 0 Å². The first kappa shape index (κ1) is 21.1. The maximum absolute atomic E-state index is 12.7. The van der Waals surface area contributed by atoms with Crippen molar-refractivity contribution in [2.75, 3.05) is 36.4 Å². The van der Waals surface area contributed by atoms with Gasteiger partial charge in [0.2, 0.25) is 5.91 Å². The van der Waals surface area contributed by atoms with Gasteiger partial charge in [0.25, 0.3) is 0 Å². The highest BCUT2D eigenvalue weighted by molar-refractivity contribution is 6.31. The van der Waals surface area contributed by atoms with E-state index in [-0.39, 0.29) is 5.91 Å². The number of benzene rings is 2. The van der Waals surface area contributed by atoms with Crippen LogP contribution in [0.4, 0.5) is 17.3 Å². The number of aromatic nitrogens is 2. The van der Waals surface area contributed by atoms with Crippen molar-refractivity contribution in [2.24, 2.45) is 0 Å². The lowest BCUT2D eigenvalue weighted by molar-refractivity contribution is -0.130. The molecule has 0 atom stereocenters. The summed E-state index contributed by atoms with van der Waals surface area (Å²) in [5.74, 6) is 2.46. The van der Waals surface area contributed by atoms with Crippen LogP contribution in [0.1, 0.15) is 17.0 Å². The molecule has 7 heteroatoms. The van der Waals surface area contributed by atoms with E-state index in [0.29, 0.717) is 30.4 Å². The zero-order valence-corrected chi connectivity index (χ0v) is 18.6. The Bertz CT molecular complexity index is 1060. The average molecular weight is 436 g/mol. The van der Waals surface area contributed by atoms with Crippen LogP contribution < -0.4 is 10.2 Å². The van der Waals surface area contributed by atoms with Gasteiger partial charge in [-0.05, 0) is 37.6 Å². The SMILES string of the molecule is Cc1ccc(Nc2cc(N3CCN(C(=O)Cc4ccccc4Cl)CC3)nc(C)n2)cc1. The van der Waals surface area contributed by atoms with Crippen LogP contribution in [0, 0.1) is 13.8 Å². The molecule has 1 amide bonds. The molecule has 2 aromatic carbocycles. The number of nitrogens with zero attached hydrogens (tertiary/aromatic N) is 4. The molecule has 1 N–H and O–H groups in total. The second-order valence-corrected chi connectivity index (χ2v) is 8.19. The van der Waals surface area contributed by atoms with Crippen LogP contribution in [-0.2, 0) is 11.2 Å². The summed E-state index contributed by atoms with van der Waals surface area (Å²) in [4.78, 5) is 26.0. The van der Waals surface area contributed by atoms with Gasteiger partial charge in [0.05, 0.1) is 6.42 Å². The Morgan fingerprint density at radius 1 is 1.00 bits per heavy atom. The molecule has 31 heavy (non-hydrogen) atoms. The summed E-state index contributed by atoms with van der Waals surface area (Å²) in [6.07, 6.45) is 0.330. The van der Waals surface area contributed by atoms with Crippen molar-refractivity contribution in [1.82, 2.24) is 14.9 Å². The van der Waals surface area contributed by atoms with Gasteiger partial charge in [0.1, 0.15) is 17.5 Å². The van der Waals surface area contributed by atoms with Gasteiger partial charge in [-0.2, -0.15) is 0 Å². The van der Waals surface area contributed by atoms with E-state index < -0.39 is 0 Å². The van der Waals surface area contributed by atoms with Gasteiger partial charge >= 0.3 is 0 Å². The van der Waals surface area contributed by atoms with Crippen LogP contribution in [0.2, 0.25) is 5.02 Å². The Hall–Kier alpha value is -3.12. The zero-order valence-electron chi connectivity index (χ0n) is 17.8. The average Bonchev–Trinajstić information content (AvgIpc) is 2.77. The summed E-state index contributed by atoms with van der Waals surface area (Å²) in [7, 11) is 0. The van der Waals surface area contributed by atoms with Gasteiger partial charge in [0, 0.05) is 43.0 Å². The highest BCUT2D eigenvalue weighted by Gasteiger charge is 2.23. The Balaban J connectivity index is 1.39. The molecular formula is C24H26ClN5O. The third-order valence-electron chi connectivity index (χ3n) is 5.40. The number of carbonyl (C=O) groups excluding carboxylic acids is 1. The Morgan fingerprint density at radius 3 is 2.42 bits per heavy atom. The minimum Gasteiger partial charge on any atom is -0.353 e. The minimum atomic E-state index is 0.105. The first-order valence-corrected chi connectivity index (χ1v) is 10.8. The van der Waals surface area contributed by atoms with Gasteiger partial charge in [-0.15, -0.1) is 0 Å². The lowest BCUT2D eigenvalue weighted by Crippen LogP contribution is -2.49. The molecule has 4 rings (SSSR count). The smallest absolute Gasteiger partial charge is 0.227 e. The number of nitrogens with one attached hydrogen (secondary N) is 1. The Kier molecular flexibility index (Phi) is 6.37. The number of aryl methyl sites for hydroxylation is 2. The van der Waals surface area contributed by atoms with E-state index in [4.69, 9.17) is 11.6 Å². The predicted octanol–water partition coefficient (Wildman–Crippen LogP) is 4.38. The quantitative estimate of drug-likeness (QED) is 0.644. The molecule has 1 fully saturated rings. The molecule has 2 heterocycles. The molecule has 1 aromatic heterocycles. The van der Waals surface area contributed by atoms with E-state index in [1.165, 1.54) is 5.56 Å². The molecular weight excluding hydrogens is 410 g/mol. The fourth-order valence-electron chi connectivity index (χ4n) is 3.66. The largest absolute Gasteiger partial charge is 0.353 e. The molecule has 3 aromatic rings. The van der Waals surface area contributed by atoms with E-state index in [1.54, 1.807) is 0 Å². The van der Waals surface area contributed by atoms with Crippen LogP contribution in [0.5, 0.6) is 0 Å². The molecule has 6 nitrogen and oxygen atoms in total. The number of piperazine rings is 1. The fraction of sp³-hybridized carbons (Fsp3) is 0.292. The van der Waals surface area contributed by atoms with E-state index >= 15 is 0 Å². The third kappa shape index (κ3) is 5.33. The molecule has 0 aliphatic carbocycles. The molecule has 1 saturated heterocycles. The normalized spacial score (nSPS) is 13.9. The Labute approximate surface area is 187 Å². The van der Waals surface area contributed by atoms with Crippen molar-refractivity contribution >= 4 is 34.8 Å². The number of hydrogen-bond acceptors (Lipinski definition) is 5. The second kappa shape index (κ2) is 9.35. The molecule has 1 aliphatic heterocycles. The van der Waals surface area contributed by atoms with E-state index in [0.717, 1.165) is 36.0 Å². The van der Waals surface area contributed by atoms with Crippen LogP contribution in [0.15, 0.2) is 54.6 Å². The van der Waals surface area contributed by atoms with Gasteiger partial charge in [0.15, 0.2) is 0 Å². The highest BCUT2D eigenvalue weighted by atomic mass is 35.5. The van der Waals surface area contributed by atoms with Crippen LogP contribution in [-0.4, -0.2) is 47.0 Å². The van der Waals surface area contributed by atoms with Crippen LogP contribution in [0.3, 0.4) is 0 Å². The maximum Gasteiger partial charge on any atom is 0.227 e. The van der Waals surface area contributed by atoms with Crippen molar-refractivity contribution < 1.29 is 4.79 Å². The number of anilines is 3. The lowest BCUT2D eigenvalue weighted by atomic mass is 10.1. The van der Waals surface area contributed by atoms with Crippen LogP contribution in [0.25, 0.3) is 0 Å². The maximum atomic E-state index is 12.7. The van der Waals surface area contributed by atoms with Gasteiger partial charge < -0.3 is 15.1 Å². The molecule has 0 spiro atoms. The van der Waals surface area contributed by atoms with Gasteiger partial charge in [-0.25, -0.2) is 9.97 Å². The summed E-state index contributed by atoms with van der Waals surface area (Å²) < 4.78 is 0. The lowest BCUT2D eigenvalue weighted by Gasteiger charge is -2.35. The molecule has 0 bridgehead atoms. The number of carbonyl (C=O) groups is 1. The van der Waals surface area contributed by atoms with Crippen molar-refractivity contribution in [3.63, 3.8) is 0 Å². The number of rotatable bonds is 5. The van der Waals surface area contributed by atoms with Crippen molar-refractivity contribution in [2.45, 2.75) is 20.3 Å². The summed E-state index contributed by atoms with van der Waals surface area (Å²) in [6.45, 7) is 6.74. The molecule has 0 saturated carbocycles. The number of amides is 1. The molecule has 160 valence electrons. The highest BCUT2D eigenvalue weighted by Crippen LogP contribution is 2.22. The summed E-state index contributed by atoms with van der Waals surface area (Å²) in [5.41, 5.74) is 3.08. The zero-order chi connectivity index (χ0) is 21.8. The van der Waals surface area contributed by atoms with Gasteiger partial charge in [-0.1, -0.05) is 47.5 Å². The van der Waals surface area contributed by atoms with E-state index in [2.05, 4.69) is 39.2 Å². The number of halogens is 1. The summed E-state index contributed by atoms with van der Waals surface area (Å²) in [6, 6.07) is 17.7. The number of hydrogen-bond donors (Lipinski definition) is 1. The molecule has 0 unspecified atom stereocenters. The monoisotopic (exact) mass is 435 g/mol. The summed E-state index contributed by atoms with van der Waals surface area (Å²) in [5, 5.41) is 3.99. The molecule has 1 aliphatic rings. The summed E-state index contributed by atoms with van der Waals surface area (Å²) >= 11 is 6.21. The van der Waals surface area contributed by atoms with Crippen LogP contribution >= 0.6 is 11.6 Å². The fourth-order valence-corrected chi connectivity index (χ4v) is 3.87. The van der Waals surface area contributed by atoms with Gasteiger partial charge in [-0.3, -0.25) is 4.79 Å². The standard InChI is InChI=1S/C24H26ClN5O/c1-17-7-9-20(10-8-17)28-22-16-23(27-18(2)26-22)29-11-13-30(14-12-29)24(31)15-19-5-3-4-6-21(19)25/h3-10,16H,11-15H2,1-2H3,(H,26,27,28). The first-order valence-electron chi connectivity index (χ1n) is 10.4. The van der Waals surface area contributed by atoms with Crippen molar-refractivity contribution in [1.29, 1.82) is 0 Å². The van der Waals surface area contributed by atoms with E-state index in [1.807, 2.05) is 54.3 Å². The third-order valence-corrected chi connectivity index (χ3v) is 5.77. The minimum absolute atomic E-state index is 0.105. The second-order valence-electron chi connectivity index (χ2n) is 7.79. The predicted molar refractivity (Wildman–Crippen MR) is 125 cm³/mol. The van der Waals surface area contributed by atoms with E-state index in [9.17, 15) is 4.79 Å². The molecule has 0 radical (unpaired) electrons. The topological polar surface area (TPSA) is 61.4 Å². The Morgan fingerprint density at radius 2 is 1.71 bits per heavy atom.